The van der Waals surface area contributed by atoms with Gasteiger partial charge in [0.15, 0.2) is 0 Å². The monoisotopic (exact) mass is 370 g/mol. The Hall–Kier alpha value is -1.20. The number of amides is 1. The molecule has 0 fully saturated rings. The fraction of sp³-hybridized carbons (Fsp3) is 0.611. The van der Waals surface area contributed by atoms with Gasteiger partial charge in [-0.25, -0.2) is 0 Å². The highest BCUT2D eigenvalue weighted by atomic mass is 31.2. The van der Waals surface area contributed by atoms with Crippen molar-refractivity contribution in [3.8, 4) is 0 Å². The van der Waals surface area contributed by atoms with Crippen LogP contribution >= 0.6 is 7.60 Å². The molecular weight excluding hydrogens is 339 g/mol. The lowest BCUT2D eigenvalue weighted by Gasteiger charge is -2.08. The molecule has 0 aliphatic heterocycles. The molecule has 0 aromatic heterocycles. The van der Waals surface area contributed by atoms with Crippen LogP contribution in [-0.2, 0) is 11.1 Å². The van der Waals surface area contributed by atoms with Crippen molar-refractivity contribution in [2.45, 2.75) is 52.0 Å². The summed E-state index contributed by atoms with van der Waals surface area (Å²) in [6.07, 6.45) is 6.20. The number of hydrogen-bond donors (Lipinski definition) is 4. The maximum Gasteiger partial charge on any atom is 0.325 e. The average Bonchev–Trinajstić information content (AvgIpc) is 2.57. The number of unbranched alkanes of at least 4 members (excludes halogenated alkanes) is 4. The quantitative estimate of drug-likeness (QED) is 0.316. The normalized spacial score (nSPS) is 11.5. The molecule has 6 nitrogen and oxygen atoms in total. The number of benzene rings is 1. The Morgan fingerprint density at radius 1 is 1.00 bits per heavy atom. The first-order valence-electron chi connectivity index (χ1n) is 9.05. The summed E-state index contributed by atoms with van der Waals surface area (Å²) in [6, 6.07) is 7.40. The van der Waals surface area contributed by atoms with Gasteiger partial charge in [0.1, 0.15) is 0 Å². The topological polar surface area (TPSA) is 98.7 Å². The van der Waals surface area contributed by atoms with Crippen LogP contribution in [-0.4, -0.2) is 34.9 Å². The van der Waals surface area contributed by atoms with E-state index < -0.39 is 7.60 Å². The Balaban J connectivity index is 2.21. The summed E-state index contributed by atoms with van der Waals surface area (Å²) in [5.41, 5.74) is 1.69. The van der Waals surface area contributed by atoms with Crippen LogP contribution in [0.3, 0.4) is 0 Å². The van der Waals surface area contributed by atoms with Gasteiger partial charge in [-0.1, -0.05) is 44.7 Å². The SMILES string of the molecule is CCCCCCCNC(=O)c1ccc(CNCCCP(=O)(O)O)cc1. The number of carbonyl (C=O) groups excluding carboxylic acids is 1. The summed E-state index contributed by atoms with van der Waals surface area (Å²) in [5, 5.41) is 6.08. The minimum absolute atomic E-state index is 0.0448. The first-order chi connectivity index (χ1) is 11.9. The van der Waals surface area contributed by atoms with Crippen LogP contribution in [0.25, 0.3) is 0 Å². The zero-order valence-corrected chi connectivity index (χ0v) is 15.9. The standard InChI is InChI=1S/C18H31N2O4P/c1-2-3-4-5-6-13-20-18(21)17-10-8-16(9-11-17)15-19-12-7-14-25(22,23)24/h8-11,19H,2-7,12-15H2,1H3,(H,20,21)(H2,22,23,24). The molecule has 4 N–H and O–H groups in total. The van der Waals surface area contributed by atoms with E-state index in [-0.39, 0.29) is 12.1 Å². The number of nitrogens with one attached hydrogen (secondary N) is 2. The van der Waals surface area contributed by atoms with Crippen molar-refractivity contribution in [2.75, 3.05) is 19.3 Å². The first kappa shape index (κ1) is 21.8. The van der Waals surface area contributed by atoms with Gasteiger partial charge in [-0.3, -0.25) is 9.36 Å². The number of rotatable bonds is 13. The van der Waals surface area contributed by atoms with E-state index in [1.165, 1.54) is 19.3 Å². The van der Waals surface area contributed by atoms with Crippen molar-refractivity contribution in [2.24, 2.45) is 0 Å². The molecule has 0 aliphatic rings. The molecule has 1 aromatic rings. The van der Waals surface area contributed by atoms with Gasteiger partial charge in [0.2, 0.25) is 0 Å². The minimum atomic E-state index is -3.90. The molecule has 25 heavy (non-hydrogen) atoms. The molecule has 1 rings (SSSR count). The molecular formula is C18H31N2O4P. The van der Waals surface area contributed by atoms with Crippen molar-refractivity contribution in [3.63, 3.8) is 0 Å². The zero-order valence-electron chi connectivity index (χ0n) is 15.0. The van der Waals surface area contributed by atoms with Crippen LogP contribution < -0.4 is 10.6 Å². The van der Waals surface area contributed by atoms with E-state index >= 15 is 0 Å². The van der Waals surface area contributed by atoms with E-state index in [2.05, 4.69) is 17.6 Å². The van der Waals surface area contributed by atoms with Crippen LogP contribution in [0.4, 0.5) is 0 Å². The Bertz CT molecular complexity index is 543. The van der Waals surface area contributed by atoms with Crippen molar-refractivity contribution < 1.29 is 19.1 Å². The van der Waals surface area contributed by atoms with Gasteiger partial charge in [0.05, 0.1) is 6.16 Å². The fourth-order valence-corrected chi connectivity index (χ4v) is 3.02. The van der Waals surface area contributed by atoms with E-state index in [9.17, 15) is 9.36 Å². The van der Waals surface area contributed by atoms with Crippen molar-refractivity contribution in [3.05, 3.63) is 35.4 Å². The predicted octanol–water partition coefficient (Wildman–Crippen LogP) is 3.04. The lowest BCUT2D eigenvalue weighted by Crippen LogP contribution is -2.24. The molecule has 0 saturated heterocycles. The average molecular weight is 370 g/mol. The Kier molecular flexibility index (Phi) is 10.7. The van der Waals surface area contributed by atoms with Crippen LogP contribution in [0.5, 0.6) is 0 Å². The third-order valence-corrected chi connectivity index (χ3v) is 4.81. The molecule has 1 amide bonds. The van der Waals surface area contributed by atoms with Crippen LogP contribution in [0.1, 0.15) is 61.4 Å². The highest BCUT2D eigenvalue weighted by molar-refractivity contribution is 7.51. The van der Waals surface area contributed by atoms with Gasteiger partial charge in [-0.2, -0.15) is 0 Å². The molecule has 7 heteroatoms. The highest BCUT2D eigenvalue weighted by Crippen LogP contribution is 2.34. The summed E-state index contributed by atoms with van der Waals surface area (Å²) in [4.78, 5) is 29.6. The maximum atomic E-state index is 12.0. The third-order valence-electron chi connectivity index (χ3n) is 3.91. The zero-order chi connectivity index (χ0) is 18.5. The minimum Gasteiger partial charge on any atom is -0.352 e. The summed E-state index contributed by atoms with van der Waals surface area (Å²) in [6.45, 7) is 4.06. The summed E-state index contributed by atoms with van der Waals surface area (Å²) < 4.78 is 10.7. The Labute approximate surface area is 150 Å². The van der Waals surface area contributed by atoms with Crippen molar-refractivity contribution in [1.29, 1.82) is 0 Å². The highest BCUT2D eigenvalue weighted by Gasteiger charge is 2.11. The number of carbonyl (C=O) groups is 1. The van der Waals surface area contributed by atoms with E-state index in [4.69, 9.17) is 9.79 Å². The van der Waals surface area contributed by atoms with Crippen molar-refractivity contribution >= 4 is 13.5 Å². The van der Waals surface area contributed by atoms with Crippen LogP contribution in [0.2, 0.25) is 0 Å². The first-order valence-corrected chi connectivity index (χ1v) is 10.8. The Morgan fingerprint density at radius 3 is 2.32 bits per heavy atom. The number of hydrogen-bond acceptors (Lipinski definition) is 3. The Morgan fingerprint density at radius 2 is 1.68 bits per heavy atom. The second-order valence-electron chi connectivity index (χ2n) is 6.29. The van der Waals surface area contributed by atoms with E-state index in [1.807, 2.05) is 12.1 Å². The largest absolute Gasteiger partial charge is 0.352 e. The molecule has 0 radical (unpaired) electrons. The summed E-state index contributed by atoms with van der Waals surface area (Å²) in [5.74, 6) is -0.0448. The lowest BCUT2D eigenvalue weighted by molar-refractivity contribution is 0.0953. The summed E-state index contributed by atoms with van der Waals surface area (Å²) >= 11 is 0. The lowest BCUT2D eigenvalue weighted by atomic mass is 10.1. The second-order valence-corrected chi connectivity index (χ2v) is 8.06. The van der Waals surface area contributed by atoms with E-state index in [0.717, 1.165) is 18.4 Å². The molecule has 1 aromatic carbocycles. The molecule has 0 bridgehead atoms. The predicted molar refractivity (Wildman–Crippen MR) is 101 cm³/mol. The molecule has 142 valence electrons. The van der Waals surface area contributed by atoms with Crippen molar-refractivity contribution in [1.82, 2.24) is 10.6 Å². The fourth-order valence-electron chi connectivity index (χ4n) is 2.45. The van der Waals surface area contributed by atoms with Gasteiger partial charge in [0.25, 0.3) is 5.91 Å². The third kappa shape index (κ3) is 11.1. The van der Waals surface area contributed by atoms with E-state index in [0.29, 0.717) is 31.6 Å². The second kappa shape index (κ2) is 12.2. The summed E-state index contributed by atoms with van der Waals surface area (Å²) in [7, 11) is -3.90. The van der Waals surface area contributed by atoms with Gasteiger partial charge >= 0.3 is 7.60 Å². The molecule has 0 atom stereocenters. The smallest absolute Gasteiger partial charge is 0.325 e. The molecule has 0 heterocycles. The van der Waals surface area contributed by atoms with E-state index in [1.54, 1.807) is 12.1 Å². The molecule has 0 saturated carbocycles. The molecule has 0 spiro atoms. The van der Waals surface area contributed by atoms with Gasteiger partial charge in [-0.15, -0.1) is 0 Å². The van der Waals surface area contributed by atoms with Gasteiger partial charge < -0.3 is 20.4 Å². The maximum absolute atomic E-state index is 12.0. The van der Waals surface area contributed by atoms with Gasteiger partial charge in [0, 0.05) is 18.7 Å². The molecule has 0 aliphatic carbocycles. The molecule has 0 unspecified atom stereocenters. The van der Waals surface area contributed by atoms with Crippen LogP contribution in [0.15, 0.2) is 24.3 Å². The van der Waals surface area contributed by atoms with Gasteiger partial charge in [-0.05, 0) is 37.1 Å². The van der Waals surface area contributed by atoms with Crippen LogP contribution in [0, 0.1) is 0 Å².